The van der Waals surface area contributed by atoms with E-state index in [0.29, 0.717) is 5.56 Å². The van der Waals surface area contributed by atoms with Crippen molar-refractivity contribution in [1.29, 1.82) is 0 Å². The number of nitrogens with one attached hydrogen (secondary N) is 1. The molecule has 2 aromatic carbocycles. The van der Waals surface area contributed by atoms with Crippen LogP contribution in [0.25, 0.3) is 0 Å². The fourth-order valence-electron chi connectivity index (χ4n) is 3.91. The number of ether oxygens (including phenoxy) is 3. The summed E-state index contributed by atoms with van der Waals surface area (Å²) in [6.07, 6.45) is 0.366. The van der Waals surface area contributed by atoms with Crippen LogP contribution in [0.3, 0.4) is 0 Å². The first-order chi connectivity index (χ1) is 16.6. The molecule has 2 aliphatic rings. The van der Waals surface area contributed by atoms with Crippen LogP contribution in [0.15, 0.2) is 60.2 Å². The van der Waals surface area contributed by atoms with E-state index in [4.69, 9.17) is 25.8 Å². The van der Waals surface area contributed by atoms with Gasteiger partial charge in [-0.25, -0.2) is 22.4 Å². The molecule has 1 aliphatic heterocycles. The van der Waals surface area contributed by atoms with E-state index >= 15 is 0 Å². The summed E-state index contributed by atoms with van der Waals surface area (Å²) in [6.45, 7) is -0.107. The van der Waals surface area contributed by atoms with Gasteiger partial charge in [-0.1, -0.05) is 29.8 Å². The second-order valence-electron chi connectivity index (χ2n) is 8.03. The number of carboxylic acid groups (broad SMARTS) is 1. The lowest BCUT2D eigenvalue weighted by Crippen LogP contribution is -2.42. The Labute approximate surface area is 205 Å². The lowest BCUT2D eigenvalue weighted by molar-refractivity contribution is -0.146. The summed E-state index contributed by atoms with van der Waals surface area (Å²) in [4.78, 5) is 24.1. The van der Waals surface area contributed by atoms with Gasteiger partial charge in [-0.05, 0) is 42.8 Å². The van der Waals surface area contributed by atoms with Crippen LogP contribution in [0.1, 0.15) is 23.2 Å². The molecule has 1 heterocycles. The molecule has 3 atom stereocenters. The maximum atomic E-state index is 13.3. The molecule has 0 bridgehead atoms. The van der Waals surface area contributed by atoms with E-state index in [1.54, 1.807) is 30.3 Å². The van der Waals surface area contributed by atoms with E-state index < -0.39 is 50.5 Å². The highest BCUT2D eigenvalue weighted by molar-refractivity contribution is 7.93. The molecule has 1 aliphatic carbocycles. The number of rotatable bonds is 7. The van der Waals surface area contributed by atoms with Crippen molar-refractivity contribution in [2.45, 2.75) is 30.0 Å². The SMILES string of the molecule is O=C(O)C1=CC2(CCC1S(=O)(=O)Nc1ccc(F)cc1Cl)OC[C@@H](COC(=O)c1ccccc1)O2. The second kappa shape index (κ2) is 9.94. The minimum absolute atomic E-state index is 0.0202. The lowest BCUT2D eigenvalue weighted by atomic mass is 9.94. The summed E-state index contributed by atoms with van der Waals surface area (Å²) in [5, 5.41) is 8.12. The molecule has 1 fully saturated rings. The second-order valence-corrected chi connectivity index (χ2v) is 10.3. The highest BCUT2D eigenvalue weighted by Gasteiger charge is 2.48. The van der Waals surface area contributed by atoms with Crippen LogP contribution in [0.2, 0.25) is 5.02 Å². The Morgan fingerprint density at radius 1 is 1.23 bits per heavy atom. The first kappa shape index (κ1) is 25.1. The van der Waals surface area contributed by atoms with E-state index in [9.17, 15) is 27.5 Å². The van der Waals surface area contributed by atoms with Crippen LogP contribution in [0, 0.1) is 5.82 Å². The number of aliphatic carboxylic acids is 1. The topological polar surface area (TPSA) is 128 Å². The molecule has 9 nitrogen and oxygen atoms in total. The number of carbonyl (C=O) groups excluding carboxylic acids is 1. The van der Waals surface area contributed by atoms with Gasteiger partial charge in [-0.3, -0.25) is 4.72 Å². The zero-order valence-electron chi connectivity index (χ0n) is 18.1. The molecule has 4 rings (SSSR count). The number of hydrogen-bond acceptors (Lipinski definition) is 7. The molecule has 0 aromatic heterocycles. The molecule has 2 unspecified atom stereocenters. The van der Waals surface area contributed by atoms with Crippen LogP contribution in [-0.2, 0) is 29.0 Å². The summed E-state index contributed by atoms with van der Waals surface area (Å²) in [5.74, 6) is -4.12. The largest absolute Gasteiger partial charge is 0.478 e. The van der Waals surface area contributed by atoms with Crippen molar-refractivity contribution in [2.75, 3.05) is 17.9 Å². The van der Waals surface area contributed by atoms with Gasteiger partial charge in [0.05, 0.1) is 28.5 Å². The average molecular weight is 526 g/mol. The quantitative estimate of drug-likeness (QED) is 0.527. The average Bonchev–Trinajstić information content (AvgIpc) is 3.21. The molecule has 35 heavy (non-hydrogen) atoms. The van der Waals surface area contributed by atoms with E-state index in [0.717, 1.165) is 24.3 Å². The molecule has 0 radical (unpaired) electrons. The van der Waals surface area contributed by atoms with Crippen molar-refractivity contribution in [1.82, 2.24) is 0 Å². The minimum atomic E-state index is -4.26. The Kier molecular flexibility index (Phi) is 7.13. The van der Waals surface area contributed by atoms with Gasteiger partial charge in [-0.2, -0.15) is 0 Å². The van der Waals surface area contributed by atoms with Crippen molar-refractivity contribution in [3.63, 3.8) is 0 Å². The molecule has 12 heteroatoms. The van der Waals surface area contributed by atoms with Gasteiger partial charge < -0.3 is 19.3 Å². The molecule has 0 amide bonds. The standard InChI is InChI=1S/C23H21ClFNO8S/c24-18-10-15(25)6-7-19(18)26-35(30,31)20-8-9-23(11-17(20)21(27)28)33-13-16(34-23)12-32-22(29)14-4-2-1-3-5-14/h1-7,10-11,16,20,26H,8-9,12-13H2,(H,27,28)/t16-,20?,23?/m1/s1. The Hall–Kier alpha value is -2.99. The Morgan fingerprint density at radius 2 is 1.97 bits per heavy atom. The van der Waals surface area contributed by atoms with Gasteiger partial charge >= 0.3 is 11.9 Å². The molecular weight excluding hydrogens is 505 g/mol. The van der Waals surface area contributed by atoms with Gasteiger partial charge in [0.2, 0.25) is 10.0 Å². The lowest BCUT2D eigenvalue weighted by Gasteiger charge is -2.33. The third kappa shape index (κ3) is 5.64. The highest BCUT2D eigenvalue weighted by atomic mass is 35.5. The monoisotopic (exact) mass is 525 g/mol. The van der Waals surface area contributed by atoms with Crippen LogP contribution >= 0.6 is 11.6 Å². The summed E-state index contributed by atoms with van der Waals surface area (Å²) < 4.78 is 58.3. The number of hydrogen-bond donors (Lipinski definition) is 2. The third-order valence-corrected chi connectivity index (χ3v) is 7.63. The van der Waals surface area contributed by atoms with Crippen molar-refractivity contribution in [3.8, 4) is 0 Å². The highest BCUT2D eigenvalue weighted by Crippen LogP contribution is 2.39. The first-order valence-corrected chi connectivity index (χ1v) is 12.5. The van der Waals surface area contributed by atoms with Crippen molar-refractivity contribution in [3.05, 3.63) is 76.6 Å². The fourth-order valence-corrected chi connectivity index (χ4v) is 5.74. The maximum Gasteiger partial charge on any atom is 0.338 e. The van der Waals surface area contributed by atoms with Crippen LogP contribution in [-0.4, -0.2) is 55.8 Å². The Morgan fingerprint density at radius 3 is 2.66 bits per heavy atom. The predicted octanol–water partition coefficient (Wildman–Crippen LogP) is 3.36. The summed E-state index contributed by atoms with van der Waals surface area (Å²) in [5.41, 5.74) is -0.149. The van der Waals surface area contributed by atoms with E-state index in [1.807, 2.05) is 0 Å². The number of anilines is 1. The number of carboxylic acids is 1. The third-order valence-electron chi connectivity index (χ3n) is 5.57. The van der Waals surface area contributed by atoms with Crippen molar-refractivity contribution in [2.24, 2.45) is 0 Å². The van der Waals surface area contributed by atoms with Gasteiger partial charge in [0, 0.05) is 6.42 Å². The maximum absolute atomic E-state index is 13.3. The smallest absolute Gasteiger partial charge is 0.338 e. The van der Waals surface area contributed by atoms with Crippen LogP contribution < -0.4 is 4.72 Å². The minimum Gasteiger partial charge on any atom is -0.478 e. The molecule has 1 saturated heterocycles. The number of carbonyl (C=O) groups is 2. The number of halogens is 2. The normalized spacial score (nSPS) is 24.1. The number of sulfonamides is 1. The van der Waals surface area contributed by atoms with E-state index in [-0.39, 0.29) is 36.8 Å². The zero-order valence-corrected chi connectivity index (χ0v) is 19.7. The van der Waals surface area contributed by atoms with Gasteiger partial charge in [0.25, 0.3) is 0 Å². The fraction of sp³-hybridized carbons (Fsp3) is 0.304. The Bertz CT molecular complexity index is 1270. The van der Waals surface area contributed by atoms with Crippen molar-refractivity contribution >= 4 is 39.3 Å². The van der Waals surface area contributed by atoms with E-state index in [1.165, 1.54) is 0 Å². The Balaban J connectivity index is 1.46. The summed E-state index contributed by atoms with van der Waals surface area (Å²) in [6, 6.07) is 11.5. The van der Waals surface area contributed by atoms with Gasteiger partial charge in [0.1, 0.15) is 23.8 Å². The number of benzene rings is 2. The van der Waals surface area contributed by atoms with Crippen LogP contribution in [0.4, 0.5) is 10.1 Å². The van der Waals surface area contributed by atoms with Gasteiger partial charge in [0.15, 0.2) is 5.79 Å². The van der Waals surface area contributed by atoms with Crippen LogP contribution in [0.5, 0.6) is 0 Å². The summed E-state index contributed by atoms with van der Waals surface area (Å²) >= 11 is 5.91. The molecule has 1 spiro atoms. The molecule has 186 valence electrons. The number of esters is 1. The summed E-state index contributed by atoms with van der Waals surface area (Å²) in [7, 11) is -4.26. The molecule has 2 N–H and O–H groups in total. The molecular formula is C23H21ClFNO8S. The molecule has 0 saturated carbocycles. The first-order valence-electron chi connectivity index (χ1n) is 10.6. The van der Waals surface area contributed by atoms with Crippen molar-refractivity contribution < 1.29 is 41.7 Å². The zero-order chi connectivity index (χ0) is 25.2. The predicted molar refractivity (Wildman–Crippen MR) is 123 cm³/mol. The van der Waals surface area contributed by atoms with E-state index in [2.05, 4.69) is 4.72 Å². The molecule has 2 aromatic rings. The van der Waals surface area contributed by atoms with Gasteiger partial charge in [-0.15, -0.1) is 0 Å².